The lowest BCUT2D eigenvalue weighted by atomic mass is 10.1. The minimum Gasteiger partial charge on any atom is -0.384 e. The SMILES string of the molecule is CS(=O)(=O)CC1(CNc2ccc([N+](=O)[O-])c3cnccc23)CC1. The Balaban J connectivity index is 1.87. The first-order valence-electron chi connectivity index (χ1n) is 7.22. The minimum absolute atomic E-state index is 0.0101. The van der Waals surface area contributed by atoms with Crippen LogP contribution in [0.2, 0.25) is 0 Å². The fourth-order valence-corrected chi connectivity index (χ4v) is 4.38. The van der Waals surface area contributed by atoms with Crippen LogP contribution in [0.5, 0.6) is 0 Å². The third kappa shape index (κ3) is 3.42. The van der Waals surface area contributed by atoms with Crippen LogP contribution >= 0.6 is 0 Å². The van der Waals surface area contributed by atoms with Crippen LogP contribution in [-0.4, -0.2) is 36.9 Å². The predicted octanol–water partition coefficient (Wildman–Crippen LogP) is 2.38. The summed E-state index contributed by atoms with van der Waals surface area (Å²) >= 11 is 0. The molecule has 1 aliphatic carbocycles. The van der Waals surface area contributed by atoms with Gasteiger partial charge in [0.25, 0.3) is 5.69 Å². The predicted molar refractivity (Wildman–Crippen MR) is 88.3 cm³/mol. The molecule has 1 aromatic carbocycles. The summed E-state index contributed by atoms with van der Waals surface area (Å²) in [6, 6.07) is 4.83. The van der Waals surface area contributed by atoms with E-state index in [4.69, 9.17) is 0 Å². The lowest BCUT2D eigenvalue weighted by Gasteiger charge is -2.17. The number of nitro groups is 1. The Morgan fingerprint density at radius 1 is 1.30 bits per heavy atom. The van der Waals surface area contributed by atoms with Gasteiger partial charge in [-0.25, -0.2) is 8.42 Å². The van der Waals surface area contributed by atoms with Crippen molar-refractivity contribution in [3.05, 3.63) is 40.7 Å². The maximum absolute atomic E-state index is 11.5. The molecule has 2 aromatic rings. The van der Waals surface area contributed by atoms with Crippen LogP contribution < -0.4 is 5.32 Å². The molecule has 1 fully saturated rings. The number of aromatic nitrogens is 1. The highest BCUT2D eigenvalue weighted by Gasteiger charge is 2.45. The minimum atomic E-state index is -3.02. The number of non-ortho nitro benzene ring substituents is 1. The number of fused-ring (bicyclic) bond motifs is 1. The van der Waals surface area contributed by atoms with E-state index in [0.29, 0.717) is 17.3 Å². The average molecular weight is 335 g/mol. The van der Waals surface area contributed by atoms with Gasteiger partial charge >= 0.3 is 0 Å². The molecule has 7 nitrogen and oxygen atoms in total. The van der Waals surface area contributed by atoms with Gasteiger partial charge in [0.05, 0.1) is 16.1 Å². The van der Waals surface area contributed by atoms with Crippen molar-refractivity contribution in [3.63, 3.8) is 0 Å². The zero-order chi connectivity index (χ0) is 16.7. The second-order valence-electron chi connectivity index (χ2n) is 6.23. The van der Waals surface area contributed by atoms with Gasteiger partial charge < -0.3 is 5.32 Å². The number of benzene rings is 1. The molecule has 0 aliphatic heterocycles. The van der Waals surface area contributed by atoms with Crippen molar-refractivity contribution >= 4 is 32.0 Å². The lowest BCUT2D eigenvalue weighted by Crippen LogP contribution is -2.24. The fourth-order valence-electron chi connectivity index (χ4n) is 2.88. The van der Waals surface area contributed by atoms with Gasteiger partial charge in [0.15, 0.2) is 0 Å². The summed E-state index contributed by atoms with van der Waals surface area (Å²) in [5.74, 6) is 0.166. The summed E-state index contributed by atoms with van der Waals surface area (Å²) < 4.78 is 23.0. The Morgan fingerprint density at radius 2 is 2.04 bits per heavy atom. The first-order valence-corrected chi connectivity index (χ1v) is 9.29. The highest BCUT2D eigenvalue weighted by Crippen LogP contribution is 2.47. The summed E-state index contributed by atoms with van der Waals surface area (Å²) in [6.07, 6.45) is 6.06. The molecule has 1 N–H and O–H groups in total. The van der Waals surface area contributed by atoms with Crippen LogP contribution in [0.1, 0.15) is 12.8 Å². The smallest absolute Gasteiger partial charge is 0.278 e. The quantitative estimate of drug-likeness (QED) is 0.642. The van der Waals surface area contributed by atoms with Crippen molar-refractivity contribution in [2.75, 3.05) is 23.9 Å². The number of pyridine rings is 1. The van der Waals surface area contributed by atoms with E-state index in [1.807, 2.05) is 0 Å². The van der Waals surface area contributed by atoms with Crippen molar-refractivity contribution < 1.29 is 13.3 Å². The Kier molecular flexibility index (Phi) is 3.71. The summed E-state index contributed by atoms with van der Waals surface area (Å²) in [5, 5.41) is 15.5. The van der Waals surface area contributed by atoms with E-state index in [2.05, 4.69) is 10.3 Å². The fraction of sp³-hybridized carbons (Fsp3) is 0.400. The van der Waals surface area contributed by atoms with Crippen LogP contribution in [0.3, 0.4) is 0 Å². The summed E-state index contributed by atoms with van der Waals surface area (Å²) in [7, 11) is -3.02. The van der Waals surface area contributed by atoms with Gasteiger partial charge in [0, 0.05) is 47.7 Å². The second kappa shape index (κ2) is 5.45. The second-order valence-corrected chi connectivity index (χ2v) is 8.37. The van der Waals surface area contributed by atoms with E-state index in [1.165, 1.54) is 18.5 Å². The van der Waals surface area contributed by atoms with Crippen molar-refractivity contribution in [2.45, 2.75) is 12.8 Å². The van der Waals surface area contributed by atoms with E-state index < -0.39 is 14.8 Å². The molecule has 8 heteroatoms. The molecular formula is C15H17N3O4S. The Hall–Kier alpha value is -2.22. The van der Waals surface area contributed by atoms with Gasteiger partial charge in [0.2, 0.25) is 0 Å². The maximum atomic E-state index is 11.5. The molecule has 0 amide bonds. The van der Waals surface area contributed by atoms with E-state index in [1.54, 1.807) is 18.3 Å². The molecule has 1 saturated carbocycles. The molecule has 0 saturated heterocycles. The number of nitro benzene ring substituents is 1. The van der Waals surface area contributed by atoms with E-state index in [-0.39, 0.29) is 16.9 Å². The molecule has 0 radical (unpaired) electrons. The van der Waals surface area contributed by atoms with Crippen molar-refractivity contribution in [3.8, 4) is 0 Å². The van der Waals surface area contributed by atoms with E-state index in [0.717, 1.165) is 18.5 Å². The number of nitrogens with one attached hydrogen (secondary N) is 1. The van der Waals surface area contributed by atoms with Crippen LogP contribution in [0.4, 0.5) is 11.4 Å². The number of rotatable bonds is 6. The molecule has 1 aliphatic rings. The maximum Gasteiger partial charge on any atom is 0.278 e. The van der Waals surface area contributed by atoms with Gasteiger partial charge in [-0.05, 0) is 25.0 Å². The standard InChI is InChI=1S/C15H17N3O4S/c1-23(21,22)10-15(5-6-15)9-17-13-2-3-14(18(19)20)12-8-16-7-4-11(12)13/h2-4,7-8,17H,5-6,9-10H2,1H3. The van der Waals surface area contributed by atoms with Crippen molar-refractivity contribution in [1.29, 1.82) is 0 Å². The molecule has 0 atom stereocenters. The number of anilines is 1. The first-order chi connectivity index (χ1) is 10.8. The van der Waals surface area contributed by atoms with Crippen molar-refractivity contribution in [2.24, 2.45) is 5.41 Å². The van der Waals surface area contributed by atoms with E-state index in [9.17, 15) is 18.5 Å². The van der Waals surface area contributed by atoms with Gasteiger partial charge in [-0.15, -0.1) is 0 Å². The normalized spacial score (nSPS) is 16.2. The molecule has 1 aromatic heterocycles. The molecule has 0 bridgehead atoms. The number of hydrogen-bond acceptors (Lipinski definition) is 6. The van der Waals surface area contributed by atoms with Gasteiger partial charge in [-0.1, -0.05) is 0 Å². The molecule has 3 rings (SSSR count). The van der Waals surface area contributed by atoms with Gasteiger partial charge in [-0.2, -0.15) is 0 Å². The van der Waals surface area contributed by atoms with Gasteiger partial charge in [0.1, 0.15) is 9.84 Å². The van der Waals surface area contributed by atoms with Gasteiger partial charge in [-0.3, -0.25) is 15.1 Å². The summed E-state index contributed by atoms with van der Waals surface area (Å²) in [4.78, 5) is 14.6. The monoisotopic (exact) mass is 335 g/mol. The van der Waals surface area contributed by atoms with Crippen LogP contribution in [0, 0.1) is 15.5 Å². The molecular weight excluding hydrogens is 318 g/mol. The van der Waals surface area contributed by atoms with Crippen LogP contribution in [0.25, 0.3) is 10.8 Å². The largest absolute Gasteiger partial charge is 0.384 e. The topological polar surface area (TPSA) is 102 Å². The third-order valence-corrected chi connectivity index (χ3v) is 5.31. The van der Waals surface area contributed by atoms with Crippen LogP contribution in [-0.2, 0) is 9.84 Å². The summed E-state index contributed by atoms with van der Waals surface area (Å²) in [6.45, 7) is 0.537. The molecule has 0 unspecified atom stereocenters. The number of sulfone groups is 1. The Labute approximate surface area is 133 Å². The third-order valence-electron chi connectivity index (χ3n) is 4.17. The van der Waals surface area contributed by atoms with Crippen molar-refractivity contribution in [1.82, 2.24) is 4.98 Å². The summed E-state index contributed by atoms with van der Waals surface area (Å²) in [5.41, 5.74) is 0.554. The lowest BCUT2D eigenvalue weighted by molar-refractivity contribution is -0.383. The number of hydrogen-bond donors (Lipinski definition) is 1. The van der Waals surface area contributed by atoms with Crippen LogP contribution in [0.15, 0.2) is 30.6 Å². The Bertz CT molecular complexity index is 875. The zero-order valence-corrected chi connectivity index (χ0v) is 13.5. The molecule has 122 valence electrons. The molecule has 23 heavy (non-hydrogen) atoms. The zero-order valence-electron chi connectivity index (χ0n) is 12.7. The first kappa shape index (κ1) is 15.7. The number of nitrogens with zero attached hydrogens (tertiary/aromatic N) is 2. The highest BCUT2D eigenvalue weighted by atomic mass is 32.2. The highest BCUT2D eigenvalue weighted by molar-refractivity contribution is 7.90. The average Bonchev–Trinajstić information content (AvgIpc) is 3.22. The Morgan fingerprint density at radius 3 is 2.65 bits per heavy atom. The molecule has 1 heterocycles. The molecule has 0 spiro atoms. The van der Waals surface area contributed by atoms with E-state index >= 15 is 0 Å².